The third-order valence-electron chi connectivity index (χ3n) is 2.98. The standard InChI is InChI=1S/C13H19N3O/c1-2-9-14-12-8-4-7-11(16-12)13(17)15-10-5-3-6-10/h4,7-8,10H,2-3,5-6,9H2,1H3,(H,14,16)(H,15,17). The second kappa shape index (κ2) is 5.66. The highest BCUT2D eigenvalue weighted by Gasteiger charge is 2.20. The van der Waals surface area contributed by atoms with Crippen molar-refractivity contribution in [1.29, 1.82) is 0 Å². The van der Waals surface area contributed by atoms with E-state index in [0.717, 1.165) is 31.6 Å². The molecule has 4 heteroatoms. The van der Waals surface area contributed by atoms with Gasteiger partial charge in [0, 0.05) is 12.6 Å². The van der Waals surface area contributed by atoms with Gasteiger partial charge < -0.3 is 10.6 Å². The molecule has 1 aromatic heterocycles. The molecule has 0 radical (unpaired) electrons. The van der Waals surface area contributed by atoms with Gasteiger partial charge in [-0.05, 0) is 37.8 Å². The molecule has 0 atom stereocenters. The third-order valence-corrected chi connectivity index (χ3v) is 2.98. The average Bonchev–Trinajstić information content (AvgIpc) is 2.31. The lowest BCUT2D eigenvalue weighted by Gasteiger charge is -2.26. The molecule has 0 spiro atoms. The Labute approximate surface area is 102 Å². The number of rotatable bonds is 5. The first-order chi connectivity index (χ1) is 8.29. The Kier molecular flexibility index (Phi) is 3.96. The lowest BCUT2D eigenvalue weighted by Crippen LogP contribution is -2.39. The number of anilines is 1. The Morgan fingerprint density at radius 3 is 2.94 bits per heavy atom. The molecule has 0 unspecified atom stereocenters. The number of hydrogen-bond donors (Lipinski definition) is 2. The zero-order valence-electron chi connectivity index (χ0n) is 10.2. The maximum atomic E-state index is 11.9. The van der Waals surface area contributed by atoms with Crippen LogP contribution in [0.15, 0.2) is 18.2 Å². The molecule has 0 saturated heterocycles. The molecule has 1 aliphatic rings. The maximum absolute atomic E-state index is 11.9. The van der Waals surface area contributed by atoms with Crippen LogP contribution in [0.4, 0.5) is 5.82 Å². The molecule has 2 rings (SSSR count). The van der Waals surface area contributed by atoms with Crippen molar-refractivity contribution in [3.8, 4) is 0 Å². The van der Waals surface area contributed by atoms with Crippen LogP contribution in [0.5, 0.6) is 0 Å². The molecule has 0 bridgehead atoms. The van der Waals surface area contributed by atoms with Crippen LogP contribution in [0.1, 0.15) is 43.1 Å². The molecule has 1 fully saturated rings. The van der Waals surface area contributed by atoms with E-state index in [1.54, 1.807) is 6.07 Å². The summed E-state index contributed by atoms with van der Waals surface area (Å²) >= 11 is 0. The number of carbonyl (C=O) groups is 1. The normalized spacial score (nSPS) is 15.1. The van der Waals surface area contributed by atoms with Gasteiger partial charge in [-0.25, -0.2) is 4.98 Å². The minimum absolute atomic E-state index is 0.0603. The van der Waals surface area contributed by atoms with Crippen molar-refractivity contribution in [1.82, 2.24) is 10.3 Å². The second-order valence-corrected chi connectivity index (χ2v) is 4.44. The van der Waals surface area contributed by atoms with E-state index in [4.69, 9.17) is 0 Å². The van der Waals surface area contributed by atoms with E-state index < -0.39 is 0 Å². The van der Waals surface area contributed by atoms with E-state index in [2.05, 4.69) is 22.5 Å². The summed E-state index contributed by atoms with van der Waals surface area (Å²) in [5.41, 5.74) is 0.498. The molecular weight excluding hydrogens is 214 g/mol. The van der Waals surface area contributed by atoms with Crippen molar-refractivity contribution in [2.75, 3.05) is 11.9 Å². The first kappa shape index (κ1) is 11.9. The monoisotopic (exact) mass is 233 g/mol. The number of aromatic nitrogens is 1. The van der Waals surface area contributed by atoms with Crippen molar-refractivity contribution in [3.63, 3.8) is 0 Å². The van der Waals surface area contributed by atoms with Crippen LogP contribution in [0.25, 0.3) is 0 Å². The smallest absolute Gasteiger partial charge is 0.270 e. The minimum Gasteiger partial charge on any atom is -0.370 e. The van der Waals surface area contributed by atoms with Crippen LogP contribution in [0.2, 0.25) is 0 Å². The van der Waals surface area contributed by atoms with Crippen LogP contribution < -0.4 is 10.6 Å². The summed E-state index contributed by atoms with van der Waals surface area (Å²) in [6.45, 7) is 2.97. The van der Waals surface area contributed by atoms with Gasteiger partial charge >= 0.3 is 0 Å². The topological polar surface area (TPSA) is 54.0 Å². The Morgan fingerprint density at radius 1 is 1.47 bits per heavy atom. The molecule has 0 aliphatic heterocycles. The fourth-order valence-electron chi connectivity index (χ4n) is 1.72. The number of hydrogen-bond acceptors (Lipinski definition) is 3. The Hall–Kier alpha value is -1.58. The van der Waals surface area contributed by atoms with Gasteiger partial charge in [-0.1, -0.05) is 13.0 Å². The van der Waals surface area contributed by atoms with Crippen molar-refractivity contribution in [2.45, 2.75) is 38.6 Å². The molecule has 1 aromatic rings. The summed E-state index contributed by atoms with van der Waals surface area (Å²) in [6.07, 6.45) is 4.45. The largest absolute Gasteiger partial charge is 0.370 e. The lowest BCUT2D eigenvalue weighted by atomic mass is 9.93. The van der Waals surface area contributed by atoms with Gasteiger partial charge in [-0.15, -0.1) is 0 Å². The van der Waals surface area contributed by atoms with E-state index in [-0.39, 0.29) is 5.91 Å². The molecule has 1 heterocycles. The number of nitrogens with zero attached hydrogens (tertiary/aromatic N) is 1. The second-order valence-electron chi connectivity index (χ2n) is 4.44. The van der Waals surface area contributed by atoms with Gasteiger partial charge in [0.25, 0.3) is 5.91 Å². The van der Waals surface area contributed by atoms with Crippen molar-refractivity contribution < 1.29 is 4.79 Å². The van der Waals surface area contributed by atoms with E-state index in [1.807, 2.05) is 12.1 Å². The lowest BCUT2D eigenvalue weighted by molar-refractivity contribution is 0.0912. The summed E-state index contributed by atoms with van der Waals surface area (Å²) in [5, 5.41) is 6.17. The molecule has 92 valence electrons. The predicted molar refractivity (Wildman–Crippen MR) is 68.1 cm³/mol. The summed E-state index contributed by atoms with van der Waals surface area (Å²) in [7, 11) is 0. The first-order valence-corrected chi connectivity index (χ1v) is 6.31. The maximum Gasteiger partial charge on any atom is 0.270 e. The van der Waals surface area contributed by atoms with Crippen LogP contribution in [-0.2, 0) is 0 Å². The Bertz CT molecular complexity index is 388. The van der Waals surface area contributed by atoms with Crippen molar-refractivity contribution in [2.24, 2.45) is 0 Å². The van der Waals surface area contributed by atoms with Gasteiger partial charge in [-0.3, -0.25) is 4.79 Å². The zero-order chi connectivity index (χ0) is 12.1. The zero-order valence-corrected chi connectivity index (χ0v) is 10.2. The number of nitrogens with one attached hydrogen (secondary N) is 2. The van der Waals surface area contributed by atoms with Crippen LogP contribution in [-0.4, -0.2) is 23.5 Å². The summed E-state index contributed by atoms with van der Waals surface area (Å²) in [5.74, 6) is 0.711. The van der Waals surface area contributed by atoms with Crippen molar-refractivity contribution in [3.05, 3.63) is 23.9 Å². The third kappa shape index (κ3) is 3.19. The SMILES string of the molecule is CCCNc1cccc(C(=O)NC2CCC2)n1. The molecule has 0 aromatic carbocycles. The summed E-state index contributed by atoms with van der Waals surface area (Å²) < 4.78 is 0. The van der Waals surface area contributed by atoms with E-state index in [0.29, 0.717) is 11.7 Å². The molecule has 17 heavy (non-hydrogen) atoms. The van der Waals surface area contributed by atoms with E-state index in [1.165, 1.54) is 6.42 Å². The van der Waals surface area contributed by atoms with Gasteiger partial charge in [-0.2, -0.15) is 0 Å². The highest BCUT2D eigenvalue weighted by molar-refractivity contribution is 5.92. The Balaban J connectivity index is 1.96. The minimum atomic E-state index is -0.0603. The predicted octanol–water partition coefficient (Wildman–Crippen LogP) is 2.19. The van der Waals surface area contributed by atoms with Crippen LogP contribution >= 0.6 is 0 Å². The highest BCUT2D eigenvalue weighted by Crippen LogP contribution is 2.18. The quantitative estimate of drug-likeness (QED) is 0.819. The van der Waals surface area contributed by atoms with Gasteiger partial charge in [0.1, 0.15) is 11.5 Å². The summed E-state index contributed by atoms with van der Waals surface area (Å²) in [6, 6.07) is 5.86. The number of amides is 1. The molecular formula is C13H19N3O. The number of pyridine rings is 1. The Morgan fingerprint density at radius 2 is 2.29 bits per heavy atom. The molecule has 1 aliphatic carbocycles. The molecule has 2 N–H and O–H groups in total. The summed E-state index contributed by atoms with van der Waals surface area (Å²) in [4.78, 5) is 16.2. The van der Waals surface area contributed by atoms with Crippen LogP contribution in [0, 0.1) is 0 Å². The van der Waals surface area contributed by atoms with Crippen molar-refractivity contribution >= 4 is 11.7 Å². The van der Waals surface area contributed by atoms with Gasteiger partial charge in [0.05, 0.1) is 0 Å². The van der Waals surface area contributed by atoms with E-state index in [9.17, 15) is 4.79 Å². The molecule has 1 saturated carbocycles. The van der Waals surface area contributed by atoms with E-state index >= 15 is 0 Å². The average molecular weight is 233 g/mol. The highest BCUT2D eigenvalue weighted by atomic mass is 16.1. The number of carbonyl (C=O) groups excluding carboxylic acids is 1. The molecule has 4 nitrogen and oxygen atoms in total. The van der Waals surface area contributed by atoms with Gasteiger partial charge in [0.15, 0.2) is 0 Å². The van der Waals surface area contributed by atoms with Gasteiger partial charge in [0.2, 0.25) is 0 Å². The first-order valence-electron chi connectivity index (χ1n) is 6.31. The fraction of sp³-hybridized carbons (Fsp3) is 0.538. The fourth-order valence-corrected chi connectivity index (χ4v) is 1.72. The van der Waals surface area contributed by atoms with Crippen LogP contribution in [0.3, 0.4) is 0 Å². The molecule has 1 amide bonds.